The maximum absolute atomic E-state index is 4.68. The van der Waals surface area contributed by atoms with E-state index in [0.717, 1.165) is 31.5 Å². The van der Waals surface area contributed by atoms with Crippen molar-refractivity contribution in [2.45, 2.75) is 47.0 Å². The summed E-state index contributed by atoms with van der Waals surface area (Å²) in [7, 11) is 0. The van der Waals surface area contributed by atoms with E-state index in [2.05, 4.69) is 43.3 Å². The van der Waals surface area contributed by atoms with Crippen molar-refractivity contribution in [2.75, 3.05) is 19.6 Å². The Morgan fingerprint density at radius 3 is 2.06 bits per heavy atom. The maximum Gasteiger partial charge on any atom is 0.191 e. The number of nitrogens with one attached hydrogen (secondary N) is 2. The molecule has 1 fully saturated rings. The standard InChI is InChI=1S/C13H27N3.HI/c1-5-14-12(15-6-2)16-10-13(7-8-13)9-11(3)4;/h11H,5-10H2,1-4H3,(H2,14,15,16);1H. The fraction of sp³-hybridized carbons (Fsp3) is 0.923. The van der Waals surface area contributed by atoms with E-state index in [1.165, 1.54) is 19.3 Å². The summed E-state index contributed by atoms with van der Waals surface area (Å²) in [6, 6.07) is 0. The monoisotopic (exact) mass is 353 g/mol. The molecule has 0 aromatic rings. The molecule has 0 bridgehead atoms. The van der Waals surface area contributed by atoms with Crippen LogP contribution in [-0.2, 0) is 0 Å². The summed E-state index contributed by atoms with van der Waals surface area (Å²) in [5.41, 5.74) is 0.532. The van der Waals surface area contributed by atoms with Gasteiger partial charge in [-0.3, -0.25) is 4.99 Å². The van der Waals surface area contributed by atoms with E-state index in [-0.39, 0.29) is 24.0 Å². The Bertz CT molecular complexity index is 227. The van der Waals surface area contributed by atoms with Crippen LogP contribution in [-0.4, -0.2) is 25.6 Å². The predicted molar refractivity (Wildman–Crippen MR) is 86.2 cm³/mol. The zero-order chi connectivity index (χ0) is 12.0. The molecule has 0 saturated heterocycles. The summed E-state index contributed by atoms with van der Waals surface area (Å²) in [6.45, 7) is 11.7. The average Bonchev–Trinajstić information content (AvgIpc) is 2.95. The lowest BCUT2D eigenvalue weighted by Gasteiger charge is -2.16. The summed E-state index contributed by atoms with van der Waals surface area (Å²) < 4.78 is 0. The van der Waals surface area contributed by atoms with Crippen molar-refractivity contribution >= 4 is 29.9 Å². The number of guanidine groups is 1. The van der Waals surface area contributed by atoms with Crippen molar-refractivity contribution in [3.05, 3.63) is 0 Å². The van der Waals surface area contributed by atoms with Gasteiger partial charge in [0, 0.05) is 19.6 Å². The van der Waals surface area contributed by atoms with Crippen LogP contribution in [0.15, 0.2) is 4.99 Å². The number of nitrogens with zero attached hydrogens (tertiary/aromatic N) is 1. The molecule has 17 heavy (non-hydrogen) atoms. The molecule has 3 nitrogen and oxygen atoms in total. The van der Waals surface area contributed by atoms with Gasteiger partial charge in [0.2, 0.25) is 0 Å². The largest absolute Gasteiger partial charge is 0.357 e. The molecule has 1 aliphatic rings. The lowest BCUT2D eigenvalue weighted by molar-refractivity contribution is 0.398. The number of hydrogen-bond donors (Lipinski definition) is 2. The van der Waals surface area contributed by atoms with Gasteiger partial charge in [-0.25, -0.2) is 0 Å². The highest BCUT2D eigenvalue weighted by Gasteiger charge is 2.42. The van der Waals surface area contributed by atoms with Gasteiger partial charge in [0.05, 0.1) is 0 Å². The van der Waals surface area contributed by atoms with Crippen LogP contribution in [0.25, 0.3) is 0 Å². The third-order valence-electron chi connectivity index (χ3n) is 3.06. The summed E-state index contributed by atoms with van der Waals surface area (Å²) in [4.78, 5) is 4.68. The van der Waals surface area contributed by atoms with Gasteiger partial charge in [-0.05, 0) is 44.4 Å². The van der Waals surface area contributed by atoms with E-state index in [9.17, 15) is 0 Å². The van der Waals surface area contributed by atoms with Crippen LogP contribution in [0.4, 0.5) is 0 Å². The first kappa shape index (κ1) is 17.0. The zero-order valence-electron chi connectivity index (χ0n) is 11.7. The first-order valence-electron chi connectivity index (χ1n) is 6.64. The summed E-state index contributed by atoms with van der Waals surface area (Å²) in [5, 5.41) is 6.55. The number of hydrogen-bond acceptors (Lipinski definition) is 1. The van der Waals surface area contributed by atoms with Crippen molar-refractivity contribution in [3.63, 3.8) is 0 Å². The molecular weight excluding hydrogens is 325 g/mol. The predicted octanol–water partition coefficient (Wildman–Crippen LogP) is 3.01. The molecule has 4 heteroatoms. The van der Waals surface area contributed by atoms with Crippen LogP contribution in [0.3, 0.4) is 0 Å². The van der Waals surface area contributed by atoms with E-state index in [1.807, 2.05) is 0 Å². The molecule has 0 aromatic heterocycles. The molecule has 0 heterocycles. The molecule has 0 aliphatic heterocycles. The van der Waals surface area contributed by atoms with E-state index in [1.54, 1.807) is 0 Å². The minimum absolute atomic E-state index is 0. The molecule has 0 atom stereocenters. The average molecular weight is 353 g/mol. The zero-order valence-corrected chi connectivity index (χ0v) is 14.0. The highest BCUT2D eigenvalue weighted by Crippen LogP contribution is 2.50. The molecule has 102 valence electrons. The SMILES string of the molecule is CCNC(=NCC1(CC(C)C)CC1)NCC.I. The third-order valence-corrected chi connectivity index (χ3v) is 3.06. The van der Waals surface area contributed by atoms with Gasteiger partial charge in [-0.2, -0.15) is 0 Å². The summed E-state index contributed by atoms with van der Waals surface area (Å²) in [6.07, 6.45) is 4.04. The van der Waals surface area contributed by atoms with Crippen molar-refractivity contribution in [2.24, 2.45) is 16.3 Å². The van der Waals surface area contributed by atoms with E-state index in [0.29, 0.717) is 5.41 Å². The second kappa shape index (κ2) is 8.16. The second-order valence-corrected chi connectivity index (χ2v) is 5.32. The maximum atomic E-state index is 4.68. The van der Waals surface area contributed by atoms with E-state index in [4.69, 9.17) is 0 Å². The van der Waals surface area contributed by atoms with Gasteiger partial charge in [0.15, 0.2) is 5.96 Å². The number of rotatable bonds is 6. The molecule has 0 aromatic carbocycles. The highest BCUT2D eigenvalue weighted by atomic mass is 127. The fourth-order valence-electron chi connectivity index (χ4n) is 2.23. The van der Waals surface area contributed by atoms with E-state index >= 15 is 0 Å². The molecule has 0 radical (unpaired) electrons. The third kappa shape index (κ3) is 6.48. The van der Waals surface area contributed by atoms with Crippen molar-refractivity contribution < 1.29 is 0 Å². The van der Waals surface area contributed by atoms with E-state index < -0.39 is 0 Å². The first-order chi connectivity index (χ1) is 7.62. The lowest BCUT2D eigenvalue weighted by atomic mass is 9.94. The minimum Gasteiger partial charge on any atom is -0.357 e. The van der Waals surface area contributed by atoms with Gasteiger partial charge in [0.25, 0.3) is 0 Å². The normalized spacial score (nSPS) is 16.1. The lowest BCUT2D eigenvalue weighted by Crippen LogP contribution is -2.37. The highest BCUT2D eigenvalue weighted by molar-refractivity contribution is 14.0. The van der Waals surface area contributed by atoms with Crippen LogP contribution < -0.4 is 10.6 Å². The fourth-order valence-corrected chi connectivity index (χ4v) is 2.23. The van der Waals surface area contributed by atoms with Crippen LogP contribution >= 0.6 is 24.0 Å². The Morgan fingerprint density at radius 2 is 1.71 bits per heavy atom. The van der Waals surface area contributed by atoms with Gasteiger partial charge >= 0.3 is 0 Å². The first-order valence-corrected chi connectivity index (χ1v) is 6.64. The van der Waals surface area contributed by atoms with Crippen LogP contribution in [0.2, 0.25) is 0 Å². The molecular formula is C13H28IN3. The van der Waals surface area contributed by atoms with Gasteiger partial charge in [-0.1, -0.05) is 13.8 Å². The Kier molecular flexibility index (Phi) is 8.16. The van der Waals surface area contributed by atoms with Crippen LogP contribution in [0.1, 0.15) is 47.0 Å². The van der Waals surface area contributed by atoms with Crippen LogP contribution in [0.5, 0.6) is 0 Å². The topological polar surface area (TPSA) is 36.4 Å². The minimum atomic E-state index is 0. The van der Waals surface area contributed by atoms with Gasteiger partial charge in [-0.15, -0.1) is 24.0 Å². The quantitative estimate of drug-likeness (QED) is 0.438. The Hall–Kier alpha value is 0. The van der Waals surface area contributed by atoms with Gasteiger partial charge in [0.1, 0.15) is 0 Å². The Morgan fingerprint density at radius 1 is 1.18 bits per heavy atom. The van der Waals surface area contributed by atoms with Crippen LogP contribution in [0, 0.1) is 11.3 Å². The molecule has 1 saturated carbocycles. The number of aliphatic imine (C=N–C) groups is 1. The molecule has 0 unspecified atom stereocenters. The second-order valence-electron chi connectivity index (χ2n) is 5.32. The molecule has 2 N–H and O–H groups in total. The van der Waals surface area contributed by atoms with Gasteiger partial charge < -0.3 is 10.6 Å². The summed E-state index contributed by atoms with van der Waals surface area (Å²) >= 11 is 0. The summed E-state index contributed by atoms with van der Waals surface area (Å²) in [5.74, 6) is 1.76. The van der Waals surface area contributed by atoms with Crippen molar-refractivity contribution in [3.8, 4) is 0 Å². The number of halogens is 1. The molecule has 1 aliphatic carbocycles. The smallest absolute Gasteiger partial charge is 0.191 e. The van der Waals surface area contributed by atoms with Crippen molar-refractivity contribution in [1.29, 1.82) is 0 Å². The molecule has 1 rings (SSSR count). The van der Waals surface area contributed by atoms with Crippen molar-refractivity contribution in [1.82, 2.24) is 10.6 Å². The Balaban J connectivity index is 0.00000256. The Labute approximate surface area is 123 Å². The molecule has 0 spiro atoms. The molecule has 0 amide bonds.